The maximum absolute atomic E-state index is 13.9. The number of nitrogens with zero attached hydrogens (tertiary/aromatic N) is 1. The molecular formula is C32H53NO5SSi. The summed E-state index contributed by atoms with van der Waals surface area (Å²) in [5, 5.41) is 14.0. The Morgan fingerprint density at radius 1 is 1.23 bits per heavy atom. The van der Waals surface area contributed by atoms with Gasteiger partial charge < -0.3 is 14.3 Å². The Bertz CT molecular complexity index is 1070. The number of aromatic nitrogens is 1. The van der Waals surface area contributed by atoms with Crippen LogP contribution < -0.4 is 0 Å². The second-order valence-electron chi connectivity index (χ2n) is 13.7. The SMILES string of the molecule is C/C(=C\c1csc(C)n1)[C@@H]1C/C=C/CCC[C@H](C)[C@@H](O)[C@@H](C)C(=O)C(C)(C)[C@@H](O[Si](C)(C)C(C)(C)C)CC(=O)O1. The summed E-state index contributed by atoms with van der Waals surface area (Å²) in [5.74, 6) is -1.06. The Balaban J connectivity index is 2.49. The summed E-state index contributed by atoms with van der Waals surface area (Å²) in [6, 6.07) is 0. The van der Waals surface area contributed by atoms with Gasteiger partial charge in [0, 0.05) is 23.1 Å². The van der Waals surface area contributed by atoms with Gasteiger partial charge in [0.2, 0.25) is 0 Å². The Morgan fingerprint density at radius 3 is 2.45 bits per heavy atom. The van der Waals surface area contributed by atoms with E-state index in [1.54, 1.807) is 18.3 Å². The van der Waals surface area contributed by atoms with Gasteiger partial charge in [0.15, 0.2) is 8.32 Å². The first-order valence-corrected chi connectivity index (χ1v) is 18.5. The lowest BCUT2D eigenvalue weighted by Crippen LogP contribution is -2.52. The van der Waals surface area contributed by atoms with E-state index in [1.165, 1.54) is 0 Å². The molecule has 1 aromatic rings. The average Bonchev–Trinajstić information content (AvgIpc) is 3.25. The van der Waals surface area contributed by atoms with Crippen LogP contribution in [0, 0.1) is 24.2 Å². The fourth-order valence-electron chi connectivity index (χ4n) is 4.89. The number of ether oxygens (including phenoxy) is 1. The highest BCUT2D eigenvalue weighted by molar-refractivity contribution is 7.09. The molecule has 0 bridgehead atoms. The molecule has 6 nitrogen and oxygen atoms in total. The van der Waals surface area contributed by atoms with Crippen molar-refractivity contribution in [3.63, 3.8) is 0 Å². The van der Waals surface area contributed by atoms with Crippen LogP contribution in [0.5, 0.6) is 0 Å². The zero-order valence-electron chi connectivity index (χ0n) is 26.7. The van der Waals surface area contributed by atoms with Crippen LogP contribution >= 0.6 is 11.3 Å². The molecule has 1 aromatic heterocycles. The zero-order valence-corrected chi connectivity index (χ0v) is 28.5. The van der Waals surface area contributed by atoms with Crippen molar-refractivity contribution >= 4 is 37.5 Å². The molecule has 2 rings (SSSR count). The third kappa shape index (κ3) is 9.20. The Hall–Kier alpha value is -1.61. The lowest BCUT2D eigenvalue weighted by Gasteiger charge is -2.44. The number of hydrogen-bond donors (Lipinski definition) is 1. The highest BCUT2D eigenvalue weighted by Crippen LogP contribution is 2.42. The van der Waals surface area contributed by atoms with Crippen LogP contribution in [0.1, 0.15) is 98.2 Å². The molecular weight excluding hydrogens is 539 g/mol. The van der Waals surface area contributed by atoms with Crippen molar-refractivity contribution in [3.8, 4) is 0 Å². The summed E-state index contributed by atoms with van der Waals surface area (Å²) >= 11 is 1.59. The average molecular weight is 592 g/mol. The number of aliphatic hydroxyl groups excluding tert-OH is 1. The van der Waals surface area contributed by atoms with Gasteiger partial charge in [0.1, 0.15) is 11.9 Å². The minimum Gasteiger partial charge on any atom is -0.457 e. The summed E-state index contributed by atoms with van der Waals surface area (Å²) < 4.78 is 12.9. The summed E-state index contributed by atoms with van der Waals surface area (Å²) in [6.07, 6.45) is 7.43. The number of carbonyl (C=O) groups excluding carboxylic acids is 2. The van der Waals surface area contributed by atoms with Crippen molar-refractivity contribution < 1.29 is 23.9 Å². The lowest BCUT2D eigenvalue weighted by atomic mass is 9.73. The normalized spacial score (nSPS) is 29.2. The van der Waals surface area contributed by atoms with Crippen LogP contribution in [0.4, 0.5) is 0 Å². The second-order valence-corrected chi connectivity index (χ2v) is 19.5. The standard InChI is InChI=1S/C32H53NO5SSi/c1-21-16-14-12-13-15-17-26(22(2)18-25-20-39-24(4)33-25)37-28(34)19-27(38-40(10,11)31(5,6)7)32(8,9)30(36)23(3)29(21)35/h13,15,18,20-21,23,26-27,29,35H,12,14,16-17,19H2,1-11H3/b15-13+,22-18+/t21-,23+,26-,27-,29+/m0/s1. The largest absolute Gasteiger partial charge is 0.457 e. The second kappa shape index (κ2) is 14.0. The molecule has 8 heteroatoms. The van der Waals surface area contributed by atoms with E-state index in [1.807, 2.05) is 46.1 Å². The number of cyclic esters (lactones) is 1. The van der Waals surface area contributed by atoms with Gasteiger partial charge in [-0.15, -0.1) is 11.3 Å². The van der Waals surface area contributed by atoms with Crippen LogP contribution in [-0.2, 0) is 18.8 Å². The fraction of sp³-hybridized carbons (Fsp3) is 0.719. The van der Waals surface area contributed by atoms with Crippen molar-refractivity contribution in [1.82, 2.24) is 4.98 Å². The third-order valence-corrected chi connectivity index (χ3v) is 14.2. The molecule has 1 N–H and O–H groups in total. The Morgan fingerprint density at radius 2 is 1.88 bits per heavy atom. The van der Waals surface area contributed by atoms with Crippen LogP contribution in [-0.4, -0.2) is 48.5 Å². The van der Waals surface area contributed by atoms with Crippen molar-refractivity contribution in [2.24, 2.45) is 17.3 Å². The first-order valence-electron chi connectivity index (χ1n) is 14.7. The summed E-state index contributed by atoms with van der Waals surface area (Å²) in [7, 11) is -2.36. The third-order valence-electron chi connectivity index (χ3n) is 8.88. The number of ketones is 1. The number of Topliss-reactive ketones (excluding diaryl/α,β-unsaturated/α-hetero) is 1. The molecule has 5 atom stereocenters. The van der Waals surface area contributed by atoms with Gasteiger partial charge in [0.05, 0.1) is 29.3 Å². The van der Waals surface area contributed by atoms with Crippen LogP contribution in [0.3, 0.4) is 0 Å². The van der Waals surface area contributed by atoms with E-state index in [4.69, 9.17) is 9.16 Å². The van der Waals surface area contributed by atoms with Crippen molar-refractivity contribution in [2.45, 2.75) is 131 Å². The number of esters is 1. The van der Waals surface area contributed by atoms with Gasteiger partial charge in [0.25, 0.3) is 0 Å². The van der Waals surface area contributed by atoms with E-state index < -0.39 is 38.0 Å². The van der Waals surface area contributed by atoms with Gasteiger partial charge >= 0.3 is 5.97 Å². The van der Waals surface area contributed by atoms with Gasteiger partial charge in [-0.3, -0.25) is 9.59 Å². The predicted molar refractivity (Wildman–Crippen MR) is 168 cm³/mol. The summed E-state index contributed by atoms with van der Waals surface area (Å²) in [5.41, 5.74) is 0.788. The summed E-state index contributed by atoms with van der Waals surface area (Å²) in [6.45, 7) is 22.2. The van der Waals surface area contributed by atoms with Crippen LogP contribution in [0.2, 0.25) is 18.1 Å². The molecule has 226 valence electrons. The first kappa shape index (κ1) is 34.6. The van der Waals surface area contributed by atoms with Gasteiger partial charge in [-0.2, -0.15) is 0 Å². The molecule has 0 unspecified atom stereocenters. The molecule has 0 spiro atoms. The molecule has 1 aliphatic rings. The predicted octanol–water partition coefficient (Wildman–Crippen LogP) is 7.91. The number of carbonyl (C=O) groups is 2. The van der Waals surface area contributed by atoms with E-state index in [0.29, 0.717) is 6.42 Å². The van der Waals surface area contributed by atoms with Crippen LogP contribution in [0.15, 0.2) is 23.1 Å². The number of aryl methyl sites for hydroxylation is 1. The number of thiazole rings is 1. The van der Waals surface area contributed by atoms with Crippen molar-refractivity contribution in [2.75, 3.05) is 0 Å². The van der Waals surface area contributed by atoms with E-state index in [2.05, 4.69) is 51.0 Å². The molecule has 0 saturated heterocycles. The molecule has 0 saturated carbocycles. The van der Waals surface area contributed by atoms with Gasteiger partial charge in [-0.1, -0.05) is 60.6 Å². The maximum Gasteiger partial charge on any atom is 0.309 e. The molecule has 0 radical (unpaired) electrons. The van der Waals surface area contributed by atoms with Crippen molar-refractivity contribution in [1.29, 1.82) is 0 Å². The molecule has 0 amide bonds. The van der Waals surface area contributed by atoms with E-state index in [9.17, 15) is 14.7 Å². The maximum atomic E-state index is 13.9. The first-order chi connectivity index (χ1) is 18.4. The quantitative estimate of drug-likeness (QED) is 0.218. The molecule has 0 aromatic carbocycles. The molecule has 1 aliphatic heterocycles. The minimum absolute atomic E-state index is 0.0136. The van der Waals surface area contributed by atoms with E-state index in [0.717, 1.165) is 35.5 Å². The minimum atomic E-state index is -2.36. The zero-order chi connectivity index (χ0) is 30.5. The van der Waals surface area contributed by atoms with E-state index >= 15 is 0 Å². The van der Waals surface area contributed by atoms with Gasteiger partial charge in [-0.25, -0.2) is 4.98 Å². The van der Waals surface area contributed by atoms with E-state index in [-0.39, 0.29) is 29.1 Å². The molecule has 0 fully saturated rings. The fourth-order valence-corrected chi connectivity index (χ4v) is 6.91. The Labute approximate surface area is 247 Å². The highest BCUT2D eigenvalue weighted by atomic mass is 32.1. The molecule has 2 heterocycles. The lowest BCUT2D eigenvalue weighted by molar-refractivity contribution is -0.153. The summed E-state index contributed by atoms with van der Waals surface area (Å²) in [4.78, 5) is 32.1. The van der Waals surface area contributed by atoms with Crippen LogP contribution in [0.25, 0.3) is 6.08 Å². The molecule has 0 aliphatic carbocycles. The van der Waals surface area contributed by atoms with Gasteiger partial charge in [-0.05, 0) is 68.8 Å². The number of allylic oxidation sites excluding steroid dienone is 1. The number of rotatable bonds is 4. The smallest absolute Gasteiger partial charge is 0.309 e. The highest BCUT2D eigenvalue weighted by Gasteiger charge is 2.48. The number of aliphatic hydroxyl groups is 1. The number of hydrogen-bond acceptors (Lipinski definition) is 7. The monoisotopic (exact) mass is 591 g/mol. The Kier molecular flexibility index (Phi) is 12.1. The van der Waals surface area contributed by atoms with Crippen molar-refractivity contribution in [3.05, 3.63) is 33.8 Å². The topological polar surface area (TPSA) is 85.7 Å². The molecule has 40 heavy (non-hydrogen) atoms.